The molecule has 4 nitrogen and oxygen atoms in total. The minimum absolute atomic E-state index is 0.279. The lowest BCUT2D eigenvalue weighted by molar-refractivity contribution is 0.0326. The molecular weight excluding hydrogens is 300 g/mol. The molecule has 0 bridgehead atoms. The van der Waals surface area contributed by atoms with E-state index in [0.717, 1.165) is 37.8 Å². The van der Waals surface area contributed by atoms with E-state index in [1.54, 1.807) is 7.11 Å². The lowest BCUT2D eigenvalue weighted by Gasteiger charge is -2.44. The van der Waals surface area contributed by atoms with Gasteiger partial charge in [0.1, 0.15) is 5.75 Å². The molecule has 0 spiro atoms. The van der Waals surface area contributed by atoms with Crippen molar-refractivity contribution in [3.8, 4) is 5.75 Å². The van der Waals surface area contributed by atoms with E-state index < -0.39 is 0 Å². The Morgan fingerprint density at radius 1 is 1.21 bits per heavy atom. The molecular formula is C20H32N2O2. The second-order valence-corrected chi connectivity index (χ2v) is 7.37. The predicted molar refractivity (Wildman–Crippen MR) is 97.5 cm³/mol. The first-order chi connectivity index (χ1) is 11.7. The zero-order valence-electron chi connectivity index (χ0n) is 15.2. The molecule has 1 saturated carbocycles. The number of ether oxygens (including phenoxy) is 1. The van der Waals surface area contributed by atoms with E-state index in [9.17, 15) is 5.11 Å². The molecule has 1 aliphatic carbocycles. The molecule has 1 N–H and O–H groups in total. The van der Waals surface area contributed by atoms with Gasteiger partial charge in [0.25, 0.3) is 0 Å². The maximum atomic E-state index is 9.50. The summed E-state index contributed by atoms with van der Waals surface area (Å²) in [6.07, 6.45) is 6.38. The van der Waals surface area contributed by atoms with Crippen molar-refractivity contribution in [2.24, 2.45) is 0 Å². The first-order valence-corrected chi connectivity index (χ1v) is 9.43. The highest BCUT2D eigenvalue weighted by Gasteiger charge is 2.31. The molecule has 0 radical (unpaired) electrons. The molecule has 0 aromatic heterocycles. The van der Waals surface area contributed by atoms with Crippen molar-refractivity contribution >= 4 is 0 Å². The molecule has 1 aromatic rings. The lowest BCUT2D eigenvalue weighted by Crippen LogP contribution is -2.55. The Bertz CT molecular complexity index is 528. The topological polar surface area (TPSA) is 35.9 Å². The Labute approximate surface area is 146 Å². The van der Waals surface area contributed by atoms with Gasteiger partial charge in [0, 0.05) is 44.9 Å². The number of aliphatic hydroxyl groups is 1. The molecule has 24 heavy (non-hydrogen) atoms. The Balaban J connectivity index is 1.64. The van der Waals surface area contributed by atoms with Crippen LogP contribution < -0.4 is 4.74 Å². The summed E-state index contributed by atoms with van der Waals surface area (Å²) < 4.78 is 5.37. The van der Waals surface area contributed by atoms with Gasteiger partial charge >= 0.3 is 0 Å². The van der Waals surface area contributed by atoms with E-state index in [4.69, 9.17) is 4.74 Å². The molecule has 0 unspecified atom stereocenters. The number of benzene rings is 1. The maximum Gasteiger partial charge on any atom is 0.121 e. The number of piperazine rings is 1. The highest BCUT2D eigenvalue weighted by molar-refractivity contribution is 5.36. The molecule has 1 atom stereocenters. The van der Waals surface area contributed by atoms with Crippen molar-refractivity contribution in [1.29, 1.82) is 0 Å². The third-order valence-corrected chi connectivity index (χ3v) is 5.78. The molecule has 2 fully saturated rings. The Morgan fingerprint density at radius 3 is 2.67 bits per heavy atom. The number of rotatable bonds is 6. The van der Waals surface area contributed by atoms with Gasteiger partial charge in [-0.1, -0.05) is 25.0 Å². The van der Waals surface area contributed by atoms with Gasteiger partial charge in [0.05, 0.1) is 7.11 Å². The smallest absolute Gasteiger partial charge is 0.121 e. The number of methoxy groups -OCH3 is 1. The number of hydrogen-bond acceptors (Lipinski definition) is 4. The van der Waals surface area contributed by atoms with Crippen LogP contribution in [-0.2, 0) is 6.54 Å². The van der Waals surface area contributed by atoms with Crippen LogP contribution in [0.2, 0.25) is 0 Å². The van der Waals surface area contributed by atoms with Crippen molar-refractivity contribution in [3.63, 3.8) is 0 Å². The van der Waals surface area contributed by atoms with Gasteiger partial charge < -0.3 is 9.84 Å². The average Bonchev–Trinajstić information content (AvgIpc) is 3.11. The van der Waals surface area contributed by atoms with Crippen LogP contribution in [0.15, 0.2) is 18.2 Å². The van der Waals surface area contributed by atoms with Gasteiger partial charge in [-0.05, 0) is 43.4 Å². The van der Waals surface area contributed by atoms with Crippen LogP contribution in [-0.4, -0.2) is 60.3 Å². The standard InChI is InChI=1S/C20H32N2O2/c1-16-13-17(7-8-20(16)24-2)14-21-10-11-22(15-19(21)9-12-23)18-5-3-4-6-18/h7-8,13,18-19,23H,3-6,9-12,14-15H2,1-2H3/t19-/m1/s1. The molecule has 1 aromatic carbocycles. The molecule has 3 rings (SSSR count). The summed E-state index contributed by atoms with van der Waals surface area (Å²) in [5, 5.41) is 9.50. The number of aliphatic hydroxyl groups excluding tert-OH is 1. The van der Waals surface area contributed by atoms with Gasteiger partial charge in [0.15, 0.2) is 0 Å². The second kappa shape index (κ2) is 8.32. The Morgan fingerprint density at radius 2 is 2.00 bits per heavy atom. The molecule has 1 heterocycles. The minimum atomic E-state index is 0.279. The SMILES string of the molecule is COc1ccc(CN2CCN(C3CCCC3)C[C@H]2CCO)cc1C. The van der Waals surface area contributed by atoms with E-state index in [-0.39, 0.29) is 6.61 Å². The average molecular weight is 332 g/mol. The minimum Gasteiger partial charge on any atom is -0.496 e. The second-order valence-electron chi connectivity index (χ2n) is 7.37. The van der Waals surface area contributed by atoms with Crippen LogP contribution >= 0.6 is 0 Å². The first kappa shape index (κ1) is 17.7. The summed E-state index contributed by atoms with van der Waals surface area (Å²) in [5.74, 6) is 0.955. The third kappa shape index (κ3) is 4.11. The fraction of sp³-hybridized carbons (Fsp3) is 0.700. The quantitative estimate of drug-likeness (QED) is 0.869. The number of hydrogen-bond donors (Lipinski definition) is 1. The highest BCUT2D eigenvalue weighted by Crippen LogP contribution is 2.27. The largest absolute Gasteiger partial charge is 0.496 e. The molecule has 1 aliphatic heterocycles. The zero-order chi connectivity index (χ0) is 16.9. The zero-order valence-corrected chi connectivity index (χ0v) is 15.2. The normalized spacial score (nSPS) is 23.7. The van der Waals surface area contributed by atoms with E-state index in [1.165, 1.54) is 43.4 Å². The van der Waals surface area contributed by atoms with Crippen LogP contribution in [0.1, 0.15) is 43.2 Å². The van der Waals surface area contributed by atoms with Crippen molar-refractivity contribution in [2.45, 2.75) is 57.7 Å². The number of aryl methyl sites for hydroxylation is 1. The van der Waals surface area contributed by atoms with E-state index in [0.29, 0.717) is 6.04 Å². The van der Waals surface area contributed by atoms with Crippen LogP contribution in [0, 0.1) is 6.92 Å². The Hall–Kier alpha value is -1.10. The van der Waals surface area contributed by atoms with Gasteiger partial charge in [-0.3, -0.25) is 9.80 Å². The van der Waals surface area contributed by atoms with Crippen molar-refractivity contribution in [1.82, 2.24) is 9.80 Å². The van der Waals surface area contributed by atoms with E-state index in [2.05, 4.69) is 34.9 Å². The van der Waals surface area contributed by atoms with Crippen LogP contribution in [0.3, 0.4) is 0 Å². The van der Waals surface area contributed by atoms with Crippen LogP contribution in [0.25, 0.3) is 0 Å². The van der Waals surface area contributed by atoms with E-state index >= 15 is 0 Å². The Kier molecular flexibility index (Phi) is 6.14. The lowest BCUT2D eigenvalue weighted by atomic mass is 10.0. The molecule has 4 heteroatoms. The molecule has 2 aliphatic rings. The molecule has 0 amide bonds. The van der Waals surface area contributed by atoms with Gasteiger partial charge in [-0.15, -0.1) is 0 Å². The fourth-order valence-electron chi connectivity index (χ4n) is 4.42. The van der Waals surface area contributed by atoms with Gasteiger partial charge in [0.2, 0.25) is 0 Å². The van der Waals surface area contributed by atoms with E-state index in [1.807, 2.05) is 0 Å². The van der Waals surface area contributed by atoms with Crippen molar-refractivity contribution in [2.75, 3.05) is 33.4 Å². The van der Waals surface area contributed by atoms with Crippen molar-refractivity contribution in [3.05, 3.63) is 29.3 Å². The monoisotopic (exact) mass is 332 g/mol. The third-order valence-electron chi connectivity index (χ3n) is 5.78. The van der Waals surface area contributed by atoms with Gasteiger partial charge in [-0.25, -0.2) is 0 Å². The fourth-order valence-corrected chi connectivity index (χ4v) is 4.42. The summed E-state index contributed by atoms with van der Waals surface area (Å²) >= 11 is 0. The van der Waals surface area contributed by atoms with Crippen molar-refractivity contribution < 1.29 is 9.84 Å². The van der Waals surface area contributed by atoms with Crippen LogP contribution in [0.4, 0.5) is 0 Å². The summed E-state index contributed by atoms with van der Waals surface area (Å²) in [5.41, 5.74) is 2.53. The molecule has 1 saturated heterocycles. The summed E-state index contributed by atoms with van der Waals surface area (Å²) in [7, 11) is 1.72. The first-order valence-electron chi connectivity index (χ1n) is 9.43. The molecule has 134 valence electrons. The number of nitrogens with zero attached hydrogens (tertiary/aromatic N) is 2. The van der Waals surface area contributed by atoms with Gasteiger partial charge in [-0.2, -0.15) is 0 Å². The summed E-state index contributed by atoms with van der Waals surface area (Å²) in [6.45, 7) is 6.73. The van der Waals surface area contributed by atoms with Crippen LogP contribution in [0.5, 0.6) is 5.75 Å². The summed E-state index contributed by atoms with van der Waals surface area (Å²) in [4.78, 5) is 5.24. The highest BCUT2D eigenvalue weighted by atomic mass is 16.5. The maximum absolute atomic E-state index is 9.50. The summed E-state index contributed by atoms with van der Waals surface area (Å²) in [6, 6.07) is 7.73. The predicted octanol–water partition coefficient (Wildman–Crippen LogP) is 2.81.